The summed E-state index contributed by atoms with van der Waals surface area (Å²) in [6.45, 7) is 1.45. The molecule has 1 N–H and O–H groups in total. The molecule has 0 spiro atoms. The SMILES string of the molecule is COc1cc(/C=C/C(=O)O[C@H](C)C(=O)Nc2sccc2C#N)cc(OC)c1. The Morgan fingerprint density at radius 3 is 2.48 bits per heavy atom. The molecular formula is C19H18N2O5S. The maximum absolute atomic E-state index is 12.1. The van der Waals surface area contributed by atoms with Gasteiger partial charge in [-0.25, -0.2) is 4.79 Å². The van der Waals surface area contributed by atoms with Gasteiger partial charge in [0.15, 0.2) is 6.10 Å². The van der Waals surface area contributed by atoms with Crippen LogP contribution in [0, 0.1) is 11.3 Å². The summed E-state index contributed by atoms with van der Waals surface area (Å²) >= 11 is 1.22. The monoisotopic (exact) mass is 386 g/mol. The number of ether oxygens (including phenoxy) is 3. The van der Waals surface area contributed by atoms with E-state index in [1.54, 1.807) is 29.6 Å². The van der Waals surface area contributed by atoms with Gasteiger partial charge in [0, 0.05) is 12.1 Å². The van der Waals surface area contributed by atoms with Crippen LogP contribution in [0.25, 0.3) is 6.08 Å². The lowest BCUT2D eigenvalue weighted by Gasteiger charge is -2.11. The third kappa shape index (κ3) is 5.59. The molecule has 0 saturated carbocycles. The Morgan fingerprint density at radius 2 is 1.89 bits per heavy atom. The molecular weight excluding hydrogens is 368 g/mol. The molecule has 2 aromatic rings. The molecule has 1 aromatic heterocycles. The molecule has 27 heavy (non-hydrogen) atoms. The van der Waals surface area contributed by atoms with Gasteiger partial charge in [-0.05, 0) is 42.1 Å². The highest BCUT2D eigenvalue weighted by molar-refractivity contribution is 7.14. The van der Waals surface area contributed by atoms with Crippen molar-refractivity contribution in [2.24, 2.45) is 0 Å². The molecule has 0 fully saturated rings. The average molecular weight is 386 g/mol. The molecule has 1 aromatic carbocycles. The molecule has 0 aliphatic rings. The Bertz CT molecular complexity index is 875. The molecule has 8 heteroatoms. The minimum Gasteiger partial charge on any atom is -0.497 e. The average Bonchev–Trinajstić information content (AvgIpc) is 3.12. The number of thiophene rings is 1. The third-order valence-electron chi connectivity index (χ3n) is 3.47. The van der Waals surface area contributed by atoms with Gasteiger partial charge in [-0.1, -0.05) is 0 Å². The summed E-state index contributed by atoms with van der Waals surface area (Å²) in [6, 6.07) is 8.73. The van der Waals surface area contributed by atoms with E-state index >= 15 is 0 Å². The zero-order valence-electron chi connectivity index (χ0n) is 15.0. The van der Waals surface area contributed by atoms with Gasteiger partial charge in [-0.3, -0.25) is 4.79 Å². The van der Waals surface area contributed by atoms with Crippen LogP contribution < -0.4 is 14.8 Å². The molecule has 0 aliphatic carbocycles. The highest BCUT2D eigenvalue weighted by atomic mass is 32.1. The maximum atomic E-state index is 12.1. The first-order valence-electron chi connectivity index (χ1n) is 7.87. The number of methoxy groups -OCH3 is 2. The van der Waals surface area contributed by atoms with Crippen molar-refractivity contribution in [3.8, 4) is 17.6 Å². The second kappa shape index (κ2) is 9.40. The van der Waals surface area contributed by atoms with Crippen molar-refractivity contribution in [1.82, 2.24) is 0 Å². The summed E-state index contributed by atoms with van der Waals surface area (Å²) in [5.41, 5.74) is 1.04. The van der Waals surface area contributed by atoms with Crippen molar-refractivity contribution in [2.45, 2.75) is 13.0 Å². The van der Waals surface area contributed by atoms with Crippen molar-refractivity contribution in [2.75, 3.05) is 19.5 Å². The number of benzene rings is 1. The van der Waals surface area contributed by atoms with Gasteiger partial charge in [0.05, 0.1) is 19.8 Å². The number of esters is 1. The predicted molar refractivity (Wildman–Crippen MR) is 102 cm³/mol. The smallest absolute Gasteiger partial charge is 0.331 e. The van der Waals surface area contributed by atoms with E-state index in [0.29, 0.717) is 27.6 Å². The molecule has 1 heterocycles. The molecule has 0 bridgehead atoms. The van der Waals surface area contributed by atoms with E-state index in [1.165, 1.54) is 44.6 Å². The Hall–Kier alpha value is -3.31. The standard InChI is InChI=1S/C19H18N2O5S/c1-12(18(23)21-19-14(11-20)6-7-27-19)26-17(22)5-4-13-8-15(24-2)10-16(9-13)25-3/h4-10,12H,1-3H3,(H,21,23)/b5-4+/t12-/m1/s1. The first-order chi connectivity index (χ1) is 13.0. The number of nitriles is 1. The number of nitrogens with zero attached hydrogens (tertiary/aromatic N) is 1. The molecule has 140 valence electrons. The lowest BCUT2D eigenvalue weighted by molar-refractivity contribution is -0.148. The molecule has 0 unspecified atom stereocenters. The first kappa shape index (κ1) is 20.0. The second-order valence-electron chi connectivity index (χ2n) is 5.32. The molecule has 1 amide bonds. The van der Waals surface area contributed by atoms with Crippen molar-refractivity contribution in [3.63, 3.8) is 0 Å². The number of amides is 1. The predicted octanol–water partition coefficient (Wildman–Crippen LogP) is 3.22. The van der Waals surface area contributed by atoms with Crippen LogP contribution in [-0.4, -0.2) is 32.2 Å². The van der Waals surface area contributed by atoms with Crippen LogP contribution in [0.3, 0.4) is 0 Å². The highest BCUT2D eigenvalue weighted by Gasteiger charge is 2.18. The van der Waals surface area contributed by atoms with Crippen LogP contribution in [0.2, 0.25) is 0 Å². The number of hydrogen-bond donors (Lipinski definition) is 1. The Labute approximate surface area is 160 Å². The number of rotatable bonds is 7. The van der Waals surface area contributed by atoms with Gasteiger partial charge in [0.1, 0.15) is 22.6 Å². The number of carbonyl (C=O) groups is 2. The third-order valence-corrected chi connectivity index (χ3v) is 4.30. The zero-order chi connectivity index (χ0) is 19.8. The summed E-state index contributed by atoms with van der Waals surface area (Å²) in [5, 5.41) is 13.6. The number of anilines is 1. The number of carbonyl (C=O) groups excluding carboxylic acids is 2. The van der Waals surface area contributed by atoms with Gasteiger partial charge in [-0.2, -0.15) is 5.26 Å². The Kier molecular flexibility index (Phi) is 6.97. The van der Waals surface area contributed by atoms with Gasteiger partial charge in [0.2, 0.25) is 0 Å². The van der Waals surface area contributed by atoms with E-state index in [4.69, 9.17) is 19.5 Å². The van der Waals surface area contributed by atoms with E-state index in [1.807, 2.05) is 6.07 Å². The van der Waals surface area contributed by atoms with Gasteiger partial charge in [0.25, 0.3) is 5.91 Å². The lowest BCUT2D eigenvalue weighted by atomic mass is 10.2. The molecule has 7 nitrogen and oxygen atoms in total. The molecule has 1 atom stereocenters. The van der Waals surface area contributed by atoms with E-state index in [2.05, 4.69) is 5.32 Å². The number of hydrogen-bond acceptors (Lipinski definition) is 7. The van der Waals surface area contributed by atoms with Crippen LogP contribution in [0.1, 0.15) is 18.1 Å². The van der Waals surface area contributed by atoms with Crippen molar-refractivity contribution in [3.05, 3.63) is 46.8 Å². The van der Waals surface area contributed by atoms with Crippen LogP contribution in [0.5, 0.6) is 11.5 Å². The molecule has 0 saturated heterocycles. The largest absolute Gasteiger partial charge is 0.497 e. The van der Waals surface area contributed by atoms with E-state index in [-0.39, 0.29) is 0 Å². The molecule has 2 rings (SSSR count). The quantitative estimate of drug-likeness (QED) is 0.580. The van der Waals surface area contributed by atoms with Gasteiger partial charge < -0.3 is 19.5 Å². The minimum absolute atomic E-state index is 0.360. The van der Waals surface area contributed by atoms with Gasteiger partial charge in [-0.15, -0.1) is 11.3 Å². The summed E-state index contributed by atoms with van der Waals surface area (Å²) in [7, 11) is 3.06. The highest BCUT2D eigenvalue weighted by Crippen LogP contribution is 2.24. The fourth-order valence-electron chi connectivity index (χ4n) is 2.06. The van der Waals surface area contributed by atoms with Crippen LogP contribution in [-0.2, 0) is 14.3 Å². The van der Waals surface area contributed by atoms with Crippen LogP contribution in [0.15, 0.2) is 35.7 Å². The summed E-state index contributed by atoms with van der Waals surface area (Å²) < 4.78 is 15.4. The maximum Gasteiger partial charge on any atom is 0.331 e. The molecule has 0 aliphatic heterocycles. The molecule has 0 radical (unpaired) electrons. The zero-order valence-corrected chi connectivity index (χ0v) is 15.8. The fourth-order valence-corrected chi connectivity index (χ4v) is 2.80. The number of nitrogens with one attached hydrogen (secondary N) is 1. The van der Waals surface area contributed by atoms with E-state index in [0.717, 1.165) is 0 Å². The minimum atomic E-state index is -1.02. The van der Waals surface area contributed by atoms with Crippen molar-refractivity contribution >= 4 is 34.3 Å². The van der Waals surface area contributed by atoms with Gasteiger partial charge >= 0.3 is 5.97 Å². The van der Waals surface area contributed by atoms with Crippen LogP contribution in [0.4, 0.5) is 5.00 Å². The van der Waals surface area contributed by atoms with E-state index in [9.17, 15) is 9.59 Å². The fraction of sp³-hybridized carbons (Fsp3) is 0.211. The van der Waals surface area contributed by atoms with Crippen molar-refractivity contribution < 1.29 is 23.8 Å². The van der Waals surface area contributed by atoms with E-state index < -0.39 is 18.0 Å². The van der Waals surface area contributed by atoms with Crippen LogP contribution >= 0.6 is 11.3 Å². The topological polar surface area (TPSA) is 97.6 Å². The second-order valence-corrected chi connectivity index (χ2v) is 6.24. The summed E-state index contributed by atoms with van der Waals surface area (Å²) in [4.78, 5) is 24.1. The summed E-state index contributed by atoms with van der Waals surface area (Å²) in [6.07, 6.45) is 1.73. The van der Waals surface area contributed by atoms with Crippen molar-refractivity contribution in [1.29, 1.82) is 5.26 Å². The first-order valence-corrected chi connectivity index (χ1v) is 8.75. The normalized spacial score (nSPS) is 11.5. The summed E-state index contributed by atoms with van der Waals surface area (Å²) in [5.74, 6) is -0.0245. The lowest BCUT2D eigenvalue weighted by Crippen LogP contribution is -2.29. The Balaban J connectivity index is 1.97. The Morgan fingerprint density at radius 1 is 1.22 bits per heavy atom.